The highest BCUT2D eigenvalue weighted by molar-refractivity contribution is 8.12. The average Bonchev–Trinajstić information content (AvgIpc) is 2.96. The second-order valence-electron chi connectivity index (χ2n) is 8.16. The van der Waals surface area contributed by atoms with E-state index in [-0.39, 0.29) is 0 Å². The Labute approximate surface area is 209 Å². The third kappa shape index (κ3) is 4.33. The van der Waals surface area contributed by atoms with Crippen LogP contribution in [0.1, 0.15) is 0 Å². The van der Waals surface area contributed by atoms with Gasteiger partial charge in [0.1, 0.15) is 0 Å². The first-order valence-electron chi connectivity index (χ1n) is 11.7. The lowest BCUT2D eigenvalue weighted by Gasteiger charge is -2.28. The summed E-state index contributed by atoms with van der Waals surface area (Å²) in [6.07, 6.45) is 0. The van der Waals surface area contributed by atoms with Crippen LogP contribution in [0.2, 0.25) is 0 Å². The van der Waals surface area contributed by atoms with Crippen LogP contribution in [0.4, 0.5) is 0 Å². The molecule has 0 bridgehead atoms. The Hall–Kier alpha value is -3.54. The molecule has 5 rings (SSSR count). The summed E-state index contributed by atoms with van der Waals surface area (Å²) in [5.74, 6) is 0. The van der Waals surface area contributed by atoms with Crippen molar-refractivity contribution in [1.29, 1.82) is 0 Å². The molecular weight excluding hydrogens is 461 g/mol. The van der Waals surface area contributed by atoms with Crippen LogP contribution in [-0.2, 0) is 9.41 Å². The van der Waals surface area contributed by atoms with Gasteiger partial charge in [-0.15, -0.1) is 0 Å². The maximum absolute atomic E-state index is 5.22. The first-order valence-corrected chi connectivity index (χ1v) is 15.1. The van der Waals surface area contributed by atoms with Crippen molar-refractivity contribution in [3.05, 3.63) is 152 Å². The van der Waals surface area contributed by atoms with Crippen LogP contribution in [0.5, 0.6) is 0 Å². The highest BCUT2D eigenvalue weighted by atomic mass is 32.2. The SMILES string of the molecule is CN=S(=C=P(c1ccccc1)(c1ccccc1)c1ccccc1)(c1ccccc1)c1ccccc1. The zero-order chi connectivity index (χ0) is 24.0. The molecule has 1 nitrogen and oxygen atoms in total. The lowest BCUT2D eigenvalue weighted by Crippen LogP contribution is -2.27. The molecule has 0 radical (unpaired) electrons. The molecule has 0 saturated carbocycles. The normalized spacial score (nSPS) is 11.5. The van der Waals surface area contributed by atoms with E-state index >= 15 is 0 Å². The van der Waals surface area contributed by atoms with Gasteiger partial charge in [-0.3, -0.25) is 4.36 Å². The van der Waals surface area contributed by atoms with Gasteiger partial charge >= 0.3 is 0 Å². The van der Waals surface area contributed by atoms with E-state index < -0.39 is 16.3 Å². The first kappa shape index (κ1) is 23.2. The topological polar surface area (TPSA) is 12.4 Å². The van der Waals surface area contributed by atoms with E-state index in [1.165, 1.54) is 25.7 Å². The molecule has 0 spiro atoms. The highest BCUT2D eigenvalue weighted by Gasteiger charge is 2.27. The van der Waals surface area contributed by atoms with Gasteiger partial charge < -0.3 is 0 Å². The number of hydrogen-bond donors (Lipinski definition) is 0. The summed E-state index contributed by atoms with van der Waals surface area (Å²) in [5.41, 5.74) is 0. The molecule has 0 aliphatic rings. The van der Waals surface area contributed by atoms with Crippen molar-refractivity contribution in [1.82, 2.24) is 0 Å². The van der Waals surface area contributed by atoms with Gasteiger partial charge in [0.05, 0.1) is 0 Å². The van der Waals surface area contributed by atoms with Crippen molar-refractivity contribution in [2.45, 2.75) is 9.79 Å². The van der Waals surface area contributed by atoms with E-state index in [9.17, 15) is 0 Å². The number of benzene rings is 5. The Morgan fingerprint density at radius 3 is 1.03 bits per heavy atom. The summed E-state index contributed by atoms with van der Waals surface area (Å²) < 4.78 is 9.56. The second-order valence-corrected chi connectivity index (χ2v) is 14.2. The van der Waals surface area contributed by atoms with Gasteiger partial charge in [-0.1, -0.05) is 132 Å². The summed E-state index contributed by atoms with van der Waals surface area (Å²) in [6.45, 7) is -2.33. The van der Waals surface area contributed by atoms with Crippen molar-refractivity contribution in [2.75, 3.05) is 7.05 Å². The number of rotatable bonds is 5. The monoisotopic (exact) mass is 489 g/mol. The van der Waals surface area contributed by atoms with Crippen LogP contribution in [-0.4, -0.2) is 11.8 Å². The molecule has 0 aliphatic carbocycles. The third-order valence-corrected chi connectivity index (χ3v) is 14.0. The number of nitrogens with zero attached hydrogens (tertiary/aromatic N) is 1. The minimum absolute atomic E-state index is 1.20. The predicted octanol–water partition coefficient (Wildman–Crippen LogP) is 6.70. The van der Waals surface area contributed by atoms with Gasteiger partial charge in [0, 0.05) is 23.7 Å². The molecule has 5 aromatic carbocycles. The van der Waals surface area contributed by atoms with E-state index in [2.05, 4.69) is 156 Å². The van der Waals surface area contributed by atoms with Gasteiger partial charge in [-0.05, 0) is 49.6 Å². The third-order valence-electron chi connectivity index (χ3n) is 6.14. The molecule has 0 aliphatic heterocycles. The predicted molar refractivity (Wildman–Crippen MR) is 155 cm³/mol. The average molecular weight is 490 g/mol. The summed E-state index contributed by atoms with van der Waals surface area (Å²) in [5, 5.41) is 3.85. The Balaban J connectivity index is 2.17. The fourth-order valence-corrected chi connectivity index (χ4v) is 13.1. The van der Waals surface area contributed by atoms with Crippen LogP contribution < -0.4 is 15.9 Å². The molecule has 35 heavy (non-hydrogen) atoms. The summed E-state index contributed by atoms with van der Waals surface area (Å²) in [6, 6.07) is 54.1. The van der Waals surface area contributed by atoms with Gasteiger partial charge in [0.25, 0.3) is 0 Å². The molecule has 3 heteroatoms. The zero-order valence-electron chi connectivity index (χ0n) is 19.7. The minimum Gasteiger partial charge on any atom is -0.258 e. The molecule has 0 atom stereocenters. The molecular formula is C32H28NPS. The Morgan fingerprint density at radius 1 is 0.457 bits per heavy atom. The van der Waals surface area contributed by atoms with Crippen LogP contribution >= 0.6 is 6.89 Å². The Morgan fingerprint density at radius 2 is 0.743 bits per heavy atom. The van der Waals surface area contributed by atoms with E-state index in [1.54, 1.807) is 0 Å². The highest BCUT2D eigenvalue weighted by Crippen LogP contribution is 2.44. The van der Waals surface area contributed by atoms with E-state index in [0.717, 1.165) is 0 Å². The largest absolute Gasteiger partial charge is 0.258 e. The van der Waals surface area contributed by atoms with Crippen LogP contribution in [0, 0.1) is 0 Å². The molecule has 0 heterocycles. The minimum atomic E-state index is -2.33. The van der Waals surface area contributed by atoms with Crippen molar-refractivity contribution in [2.24, 2.45) is 4.36 Å². The van der Waals surface area contributed by atoms with Gasteiger partial charge in [0.2, 0.25) is 0 Å². The maximum atomic E-state index is 5.22. The van der Waals surface area contributed by atoms with Gasteiger partial charge in [0.15, 0.2) is 0 Å². The first-order chi connectivity index (χ1) is 17.3. The Bertz CT molecular complexity index is 1430. The summed E-state index contributed by atoms with van der Waals surface area (Å²) >= 11 is 0. The van der Waals surface area contributed by atoms with Crippen LogP contribution in [0.15, 0.2) is 166 Å². The Kier molecular flexibility index (Phi) is 6.89. The molecule has 0 amide bonds. The molecule has 0 saturated heterocycles. The maximum Gasteiger partial charge on any atom is 0.0355 e. The standard InChI is InChI=1S/C32H28NPS/c1-33-35(31-23-13-5-14-24-31,32-25-15-6-16-26-32)27-34(28-17-7-2-8-18-28,29-19-9-3-10-20-29)30-21-11-4-12-22-30/h2-26H,1H3. The molecule has 0 aromatic heterocycles. The van der Waals surface area contributed by atoms with Crippen molar-refractivity contribution in [3.8, 4) is 0 Å². The molecule has 172 valence electrons. The quantitative estimate of drug-likeness (QED) is 0.192. The molecule has 0 fully saturated rings. The van der Waals surface area contributed by atoms with Crippen molar-refractivity contribution >= 4 is 37.0 Å². The summed E-state index contributed by atoms with van der Waals surface area (Å²) in [4.78, 5) is 2.39. The van der Waals surface area contributed by atoms with E-state index in [0.29, 0.717) is 0 Å². The van der Waals surface area contributed by atoms with E-state index in [4.69, 9.17) is 4.36 Å². The number of hydrogen-bond acceptors (Lipinski definition) is 1. The smallest absolute Gasteiger partial charge is 0.0355 e. The second kappa shape index (κ2) is 10.4. The van der Waals surface area contributed by atoms with Crippen molar-refractivity contribution < 1.29 is 0 Å². The van der Waals surface area contributed by atoms with Gasteiger partial charge in [-0.25, -0.2) is 0 Å². The van der Waals surface area contributed by atoms with Crippen molar-refractivity contribution in [3.63, 3.8) is 0 Å². The lowest BCUT2D eigenvalue weighted by atomic mass is 10.4. The van der Waals surface area contributed by atoms with Gasteiger partial charge in [-0.2, -0.15) is 0 Å². The fourth-order valence-electron chi connectivity index (χ4n) is 4.49. The molecule has 0 unspecified atom stereocenters. The lowest BCUT2D eigenvalue weighted by molar-refractivity contribution is 1.35. The van der Waals surface area contributed by atoms with Crippen LogP contribution in [0.3, 0.4) is 0 Å². The van der Waals surface area contributed by atoms with E-state index in [1.807, 2.05) is 7.05 Å². The fraction of sp³-hybridized carbons (Fsp3) is 0.0312. The summed E-state index contributed by atoms with van der Waals surface area (Å²) in [7, 11) is -0.0132. The molecule has 0 N–H and O–H groups in total. The zero-order valence-corrected chi connectivity index (χ0v) is 21.4. The van der Waals surface area contributed by atoms with Crippen LogP contribution in [0.25, 0.3) is 0 Å². The molecule has 5 aromatic rings.